The first-order chi connectivity index (χ1) is 14.1. The monoisotopic (exact) mass is 400 g/mol. The van der Waals surface area contributed by atoms with Crippen LogP contribution in [0.4, 0.5) is 0 Å². The van der Waals surface area contributed by atoms with Crippen LogP contribution < -0.4 is 9.47 Å². The van der Waals surface area contributed by atoms with Crippen LogP contribution in [0.25, 0.3) is 11.4 Å². The number of benzene rings is 1. The SMILES string of the molecule is CCCCCCCOC(C)C(=O)Oc1ccc(-c2ncc(OCCC)cn2)cc1. The number of carbonyl (C=O) groups is 1. The summed E-state index contributed by atoms with van der Waals surface area (Å²) in [5.41, 5.74) is 0.836. The average Bonchev–Trinajstić information content (AvgIpc) is 2.75. The van der Waals surface area contributed by atoms with Crippen molar-refractivity contribution in [1.82, 2.24) is 9.97 Å². The van der Waals surface area contributed by atoms with E-state index in [-0.39, 0.29) is 5.97 Å². The van der Waals surface area contributed by atoms with Gasteiger partial charge in [-0.1, -0.05) is 39.5 Å². The number of rotatable bonds is 13. The molecule has 158 valence electrons. The number of hydrogen-bond donors (Lipinski definition) is 0. The number of aromatic nitrogens is 2. The quantitative estimate of drug-likeness (QED) is 0.261. The van der Waals surface area contributed by atoms with Gasteiger partial charge in [0.2, 0.25) is 0 Å². The molecular weight excluding hydrogens is 368 g/mol. The molecule has 0 saturated carbocycles. The van der Waals surface area contributed by atoms with Gasteiger partial charge in [-0.05, 0) is 44.0 Å². The lowest BCUT2D eigenvalue weighted by molar-refractivity contribution is -0.146. The van der Waals surface area contributed by atoms with E-state index in [2.05, 4.69) is 16.9 Å². The molecular formula is C23H32N2O4. The Morgan fingerprint density at radius 3 is 2.24 bits per heavy atom. The van der Waals surface area contributed by atoms with Crippen molar-refractivity contribution in [2.75, 3.05) is 13.2 Å². The van der Waals surface area contributed by atoms with Crippen LogP contribution in [0.3, 0.4) is 0 Å². The lowest BCUT2D eigenvalue weighted by Crippen LogP contribution is -2.26. The van der Waals surface area contributed by atoms with Crippen molar-refractivity contribution in [3.63, 3.8) is 0 Å². The van der Waals surface area contributed by atoms with Crippen molar-refractivity contribution in [1.29, 1.82) is 0 Å². The van der Waals surface area contributed by atoms with Crippen LogP contribution in [-0.4, -0.2) is 35.3 Å². The van der Waals surface area contributed by atoms with Gasteiger partial charge in [0, 0.05) is 12.2 Å². The second kappa shape index (κ2) is 12.9. The summed E-state index contributed by atoms with van der Waals surface area (Å²) in [7, 11) is 0. The molecule has 6 nitrogen and oxygen atoms in total. The standard InChI is InChI=1S/C23H32N2O4/c1-4-6-7-8-9-15-27-18(3)23(26)29-20-12-10-19(11-13-20)22-24-16-21(17-25-22)28-14-5-2/h10-13,16-18H,4-9,14-15H2,1-3H3. The third-order valence-corrected chi connectivity index (χ3v) is 4.38. The first kappa shape index (κ1) is 22.8. The van der Waals surface area contributed by atoms with Crippen molar-refractivity contribution in [3.05, 3.63) is 36.7 Å². The van der Waals surface area contributed by atoms with E-state index in [1.54, 1.807) is 31.5 Å². The fourth-order valence-electron chi connectivity index (χ4n) is 2.66. The van der Waals surface area contributed by atoms with Crippen LogP contribution in [0, 0.1) is 0 Å². The van der Waals surface area contributed by atoms with Gasteiger partial charge in [-0.3, -0.25) is 0 Å². The first-order valence-electron chi connectivity index (χ1n) is 10.5. The Balaban J connectivity index is 1.79. The van der Waals surface area contributed by atoms with Gasteiger partial charge >= 0.3 is 5.97 Å². The Morgan fingerprint density at radius 2 is 1.59 bits per heavy atom. The zero-order chi connectivity index (χ0) is 20.9. The second-order valence-corrected chi connectivity index (χ2v) is 6.96. The molecule has 0 saturated heterocycles. The third kappa shape index (κ3) is 8.20. The van der Waals surface area contributed by atoms with E-state index in [0.717, 1.165) is 24.8 Å². The molecule has 1 heterocycles. The van der Waals surface area contributed by atoms with Crippen LogP contribution in [-0.2, 0) is 9.53 Å². The summed E-state index contributed by atoms with van der Waals surface area (Å²) >= 11 is 0. The normalized spacial score (nSPS) is 11.8. The molecule has 29 heavy (non-hydrogen) atoms. The van der Waals surface area contributed by atoms with Gasteiger partial charge in [0.25, 0.3) is 0 Å². The fraction of sp³-hybridized carbons (Fsp3) is 0.522. The maximum absolute atomic E-state index is 12.2. The Hall–Kier alpha value is -2.47. The molecule has 2 aromatic rings. The van der Waals surface area contributed by atoms with Crippen molar-refractivity contribution >= 4 is 5.97 Å². The molecule has 0 amide bonds. The summed E-state index contributed by atoms with van der Waals surface area (Å²) in [4.78, 5) is 20.8. The summed E-state index contributed by atoms with van der Waals surface area (Å²) in [5.74, 6) is 1.33. The zero-order valence-corrected chi connectivity index (χ0v) is 17.7. The van der Waals surface area contributed by atoms with Crippen molar-refractivity contribution < 1.29 is 19.0 Å². The van der Waals surface area contributed by atoms with E-state index >= 15 is 0 Å². The van der Waals surface area contributed by atoms with Crippen molar-refractivity contribution in [3.8, 4) is 22.9 Å². The van der Waals surface area contributed by atoms with E-state index in [1.807, 2.05) is 19.1 Å². The number of carbonyl (C=O) groups excluding carboxylic acids is 1. The molecule has 1 unspecified atom stereocenters. The molecule has 1 aromatic heterocycles. The molecule has 0 bridgehead atoms. The van der Waals surface area contributed by atoms with Gasteiger partial charge < -0.3 is 14.2 Å². The lowest BCUT2D eigenvalue weighted by atomic mass is 10.2. The molecule has 1 aromatic carbocycles. The van der Waals surface area contributed by atoms with E-state index in [9.17, 15) is 4.79 Å². The molecule has 0 aliphatic rings. The molecule has 0 N–H and O–H groups in total. The van der Waals surface area contributed by atoms with Crippen LogP contribution in [0.5, 0.6) is 11.5 Å². The van der Waals surface area contributed by atoms with Crippen LogP contribution >= 0.6 is 0 Å². The highest BCUT2D eigenvalue weighted by Gasteiger charge is 2.16. The molecule has 0 aliphatic carbocycles. The number of hydrogen-bond acceptors (Lipinski definition) is 6. The van der Waals surface area contributed by atoms with Crippen molar-refractivity contribution in [2.45, 2.75) is 65.4 Å². The molecule has 0 radical (unpaired) electrons. The van der Waals surface area contributed by atoms with Crippen LogP contribution in [0.1, 0.15) is 59.3 Å². The predicted octanol–water partition coefficient (Wildman–Crippen LogP) is 5.21. The molecule has 2 rings (SSSR count). The Morgan fingerprint density at radius 1 is 0.897 bits per heavy atom. The maximum atomic E-state index is 12.2. The summed E-state index contributed by atoms with van der Waals surface area (Å²) < 4.78 is 16.5. The largest absolute Gasteiger partial charge is 0.490 e. The van der Waals surface area contributed by atoms with Gasteiger partial charge in [0.05, 0.1) is 19.0 Å². The summed E-state index contributed by atoms with van der Waals surface area (Å²) in [6.07, 6.45) is 9.44. The molecule has 0 spiro atoms. The Labute approximate surface area is 173 Å². The molecule has 0 aliphatic heterocycles. The van der Waals surface area contributed by atoms with Gasteiger partial charge in [-0.2, -0.15) is 0 Å². The highest BCUT2D eigenvalue weighted by Crippen LogP contribution is 2.21. The zero-order valence-electron chi connectivity index (χ0n) is 17.7. The number of ether oxygens (including phenoxy) is 3. The number of nitrogens with zero attached hydrogens (tertiary/aromatic N) is 2. The van der Waals surface area contributed by atoms with E-state index < -0.39 is 6.10 Å². The van der Waals surface area contributed by atoms with Crippen LogP contribution in [0.15, 0.2) is 36.7 Å². The average molecular weight is 401 g/mol. The summed E-state index contributed by atoms with van der Waals surface area (Å²) in [5, 5.41) is 0. The topological polar surface area (TPSA) is 70.5 Å². The minimum Gasteiger partial charge on any atom is -0.490 e. The lowest BCUT2D eigenvalue weighted by Gasteiger charge is -2.12. The maximum Gasteiger partial charge on any atom is 0.340 e. The third-order valence-electron chi connectivity index (χ3n) is 4.38. The van der Waals surface area contributed by atoms with E-state index in [0.29, 0.717) is 30.5 Å². The highest BCUT2D eigenvalue weighted by atomic mass is 16.6. The van der Waals surface area contributed by atoms with Crippen LogP contribution in [0.2, 0.25) is 0 Å². The summed E-state index contributed by atoms with van der Waals surface area (Å²) in [6.45, 7) is 7.18. The van der Waals surface area contributed by atoms with Gasteiger partial charge in [-0.15, -0.1) is 0 Å². The fourth-order valence-corrected chi connectivity index (χ4v) is 2.66. The van der Waals surface area contributed by atoms with Gasteiger partial charge in [0.15, 0.2) is 17.7 Å². The summed E-state index contributed by atoms with van der Waals surface area (Å²) in [6, 6.07) is 7.11. The minimum atomic E-state index is -0.583. The Bertz CT molecular complexity index is 717. The van der Waals surface area contributed by atoms with E-state index in [1.165, 1.54) is 19.3 Å². The van der Waals surface area contributed by atoms with Crippen molar-refractivity contribution in [2.24, 2.45) is 0 Å². The smallest absolute Gasteiger partial charge is 0.340 e. The molecule has 6 heteroatoms. The highest BCUT2D eigenvalue weighted by molar-refractivity contribution is 5.77. The minimum absolute atomic E-state index is 0.389. The number of unbranched alkanes of at least 4 members (excludes halogenated alkanes) is 4. The predicted molar refractivity (Wildman–Crippen MR) is 113 cm³/mol. The van der Waals surface area contributed by atoms with E-state index in [4.69, 9.17) is 14.2 Å². The van der Waals surface area contributed by atoms with Gasteiger partial charge in [0.1, 0.15) is 5.75 Å². The Kier molecular flexibility index (Phi) is 10.1. The first-order valence-corrected chi connectivity index (χ1v) is 10.5. The second-order valence-electron chi connectivity index (χ2n) is 6.96. The molecule has 0 fully saturated rings. The van der Waals surface area contributed by atoms with Gasteiger partial charge in [-0.25, -0.2) is 14.8 Å². The number of esters is 1. The molecule has 1 atom stereocenters.